The lowest BCUT2D eigenvalue weighted by Crippen LogP contribution is -2.11. The number of rotatable bonds is 2. The van der Waals surface area contributed by atoms with Crippen LogP contribution in [0.5, 0.6) is 0 Å². The SMILES string of the molecule is O=C(Nc1ccncn1)c1cc2c(Br)cccc2o1. The minimum atomic E-state index is -0.346. The lowest BCUT2D eigenvalue weighted by molar-refractivity contribution is 0.0998. The van der Waals surface area contributed by atoms with E-state index in [1.54, 1.807) is 18.3 Å². The predicted octanol–water partition coefficient (Wildman–Crippen LogP) is 3.24. The van der Waals surface area contributed by atoms with Gasteiger partial charge in [0.25, 0.3) is 5.91 Å². The Labute approximate surface area is 116 Å². The van der Waals surface area contributed by atoms with Crippen LogP contribution in [0.1, 0.15) is 10.6 Å². The first kappa shape index (κ1) is 11.9. The molecule has 2 heterocycles. The molecule has 0 aliphatic heterocycles. The highest BCUT2D eigenvalue weighted by molar-refractivity contribution is 9.10. The van der Waals surface area contributed by atoms with Gasteiger partial charge in [0.2, 0.25) is 0 Å². The minimum absolute atomic E-state index is 0.237. The molecular formula is C13H8BrN3O2. The number of benzene rings is 1. The van der Waals surface area contributed by atoms with Gasteiger partial charge < -0.3 is 9.73 Å². The molecule has 3 aromatic rings. The lowest BCUT2D eigenvalue weighted by Gasteiger charge is -1.99. The van der Waals surface area contributed by atoms with Crippen LogP contribution < -0.4 is 5.32 Å². The lowest BCUT2D eigenvalue weighted by atomic mass is 10.2. The van der Waals surface area contributed by atoms with Gasteiger partial charge in [-0.3, -0.25) is 4.79 Å². The van der Waals surface area contributed by atoms with E-state index in [-0.39, 0.29) is 11.7 Å². The van der Waals surface area contributed by atoms with Gasteiger partial charge in [0, 0.05) is 16.1 Å². The largest absolute Gasteiger partial charge is 0.451 e. The van der Waals surface area contributed by atoms with E-state index in [1.807, 2.05) is 18.2 Å². The monoisotopic (exact) mass is 317 g/mol. The van der Waals surface area contributed by atoms with E-state index >= 15 is 0 Å². The van der Waals surface area contributed by atoms with Crippen molar-refractivity contribution >= 4 is 38.6 Å². The molecule has 2 aromatic heterocycles. The molecule has 5 nitrogen and oxygen atoms in total. The fourth-order valence-electron chi connectivity index (χ4n) is 1.68. The first-order valence-corrected chi connectivity index (χ1v) is 6.29. The Morgan fingerprint density at radius 3 is 2.95 bits per heavy atom. The Bertz CT molecular complexity index is 740. The maximum Gasteiger partial charge on any atom is 0.292 e. The van der Waals surface area contributed by atoms with E-state index in [0.29, 0.717) is 11.4 Å². The van der Waals surface area contributed by atoms with Crippen LogP contribution >= 0.6 is 15.9 Å². The fraction of sp³-hybridized carbons (Fsp3) is 0. The zero-order valence-electron chi connectivity index (χ0n) is 9.63. The molecule has 19 heavy (non-hydrogen) atoms. The molecule has 0 bridgehead atoms. The minimum Gasteiger partial charge on any atom is -0.451 e. The number of fused-ring (bicyclic) bond motifs is 1. The number of anilines is 1. The number of nitrogens with zero attached hydrogens (tertiary/aromatic N) is 2. The fourth-order valence-corrected chi connectivity index (χ4v) is 2.14. The summed E-state index contributed by atoms with van der Waals surface area (Å²) in [6.45, 7) is 0. The van der Waals surface area contributed by atoms with E-state index in [9.17, 15) is 4.79 Å². The smallest absolute Gasteiger partial charge is 0.292 e. The van der Waals surface area contributed by atoms with E-state index < -0.39 is 0 Å². The van der Waals surface area contributed by atoms with Gasteiger partial charge in [-0.05, 0) is 24.3 Å². The van der Waals surface area contributed by atoms with Crippen molar-refractivity contribution in [1.29, 1.82) is 0 Å². The van der Waals surface area contributed by atoms with Crippen molar-refractivity contribution in [2.24, 2.45) is 0 Å². The summed E-state index contributed by atoms with van der Waals surface area (Å²) < 4.78 is 6.38. The van der Waals surface area contributed by atoms with Crippen LogP contribution in [0.15, 0.2) is 51.7 Å². The van der Waals surface area contributed by atoms with Crippen LogP contribution in [-0.2, 0) is 0 Å². The molecule has 0 radical (unpaired) electrons. The summed E-state index contributed by atoms with van der Waals surface area (Å²) in [5.41, 5.74) is 0.655. The molecule has 0 saturated heterocycles. The molecule has 1 aromatic carbocycles. The molecular weight excluding hydrogens is 310 g/mol. The molecule has 94 valence electrons. The maximum atomic E-state index is 12.0. The first-order valence-electron chi connectivity index (χ1n) is 5.49. The number of furan rings is 1. The van der Waals surface area contributed by atoms with Crippen molar-refractivity contribution in [2.45, 2.75) is 0 Å². The molecule has 6 heteroatoms. The van der Waals surface area contributed by atoms with Gasteiger partial charge in [-0.15, -0.1) is 0 Å². The van der Waals surface area contributed by atoms with Gasteiger partial charge in [0.1, 0.15) is 17.7 Å². The third-order valence-corrected chi connectivity index (χ3v) is 3.25. The molecule has 0 saturated carbocycles. The number of amides is 1. The third kappa shape index (κ3) is 2.34. The molecule has 1 amide bonds. The van der Waals surface area contributed by atoms with Crippen LogP contribution in [0.25, 0.3) is 11.0 Å². The Morgan fingerprint density at radius 2 is 2.21 bits per heavy atom. The maximum absolute atomic E-state index is 12.0. The average molecular weight is 318 g/mol. The summed E-state index contributed by atoms with van der Waals surface area (Å²) in [6, 6.07) is 8.85. The molecule has 0 fully saturated rings. The molecule has 0 aliphatic rings. The van der Waals surface area contributed by atoms with Crippen molar-refractivity contribution in [2.75, 3.05) is 5.32 Å². The number of carbonyl (C=O) groups excluding carboxylic acids is 1. The molecule has 0 aliphatic carbocycles. The van der Waals surface area contributed by atoms with E-state index in [2.05, 4.69) is 31.2 Å². The number of aromatic nitrogens is 2. The second-order valence-electron chi connectivity index (χ2n) is 3.81. The number of carbonyl (C=O) groups is 1. The Morgan fingerprint density at radius 1 is 1.32 bits per heavy atom. The van der Waals surface area contributed by atoms with Crippen LogP contribution in [0.3, 0.4) is 0 Å². The Balaban J connectivity index is 1.92. The molecule has 3 rings (SSSR count). The normalized spacial score (nSPS) is 10.6. The predicted molar refractivity (Wildman–Crippen MR) is 73.9 cm³/mol. The summed E-state index contributed by atoms with van der Waals surface area (Å²) in [5, 5.41) is 3.50. The number of hydrogen-bond donors (Lipinski definition) is 1. The van der Waals surface area contributed by atoms with Gasteiger partial charge in [-0.1, -0.05) is 22.0 Å². The van der Waals surface area contributed by atoms with Crippen LogP contribution in [0, 0.1) is 0 Å². The van der Waals surface area contributed by atoms with E-state index in [4.69, 9.17) is 4.42 Å². The van der Waals surface area contributed by atoms with Crippen molar-refractivity contribution in [1.82, 2.24) is 9.97 Å². The van der Waals surface area contributed by atoms with Gasteiger partial charge in [0.05, 0.1) is 0 Å². The second-order valence-corrected chi connectivity index (χ2v) is 4.67. The van der Waals surface area contributed by atoms with Gasteiger partial charge in [0.15, 0.2) is 5.76 Å². The number of halogens is 1. The van der Waals surface area contributed by atoms with Crippen LogP contribution in [0.4, 0.5) is 5.82 Å². The zero-order chi connectivity index (χ0) is 13.2. The standard InChI is InChI=1S/C13H8BrN3O2/c14-9-2-1-3-10-8(9)6-11(19-10)13(18)17-12-4-5-15-7-16-12/h1-7H,(H,15,16,17,18). The Hall–Kier alpha value is -2.21. The third-order valence-electron chi connectivity index (χ3n) is 2.56. The van der Waals surface area contributed by atoms with Crippen molar-refractivity contribution in [3.8, 4) is 0 Å². The number of nitrogens with one attached hydrogen (secondary N) is 1. The van der Waals surface area contributed by atoms with Crippen LogP contribution in [-0.4, -0.2) is 15.9 Å². The molecule has 0 spiro atoms. The first-order chi connectivity index (χ1) is 9.24. The van der Waals surface area contributed by atoms with Crippen LogP contribution in [0.2, 0.25) is 0 Å². The topological polar surface area (TPSA) is 68.0 Å². The molecule has 0 atom stereocenters. The van der Waals surface area contributed by atoms with E-state index in [1.165, 1.54) is 6.33 Å². The Kier molecular flexibility index (Phi) is 3.00. The highest BCUT2D eigenvalue weighted by atomic mass is 79.9. The summed E-state index contributed by atoms with van der Waals surface area (Å²) in [5.74, 6) is 0.321. The van der Waals surface area contributed by atoms with Gasteiger partial charge in [-0.2, -0.15) is 0 Å². The summed E-state index contributed by atoms with van der Waals surface area (Å²) in [4.78, 5) is 19.7. The van der Waals surface area contributed by atoms with E-state index in [0.717, 1.165) is 9.86 Å². The summed E-state index contributed by atoms with van der Waals surface area (Å²) >= 11 is 3.41. The van der Waals surface area contributed by atoms with Crippen molar-refractivity contribution in [3.63, 3.8) is 0 Å². The summed E-state index contributed by atoms with van der Waals surface area (Å²) in [7, 11) is 0. The van der Waals surface area contributed by atoms with Gasteiger partial charge in [-0.25, -0.2) is 9.97 Å². The average Bonchev–Trinajstić information content (AvgIpc) is 2.85. The molecule has 0 unspecified atom stereocenters. The highest BCUT2D eigenvalue weighted by Crippen LogP contribution is 2.27. The molecule has 1 N–H and O–H groups in total. The quantitative estimate of drug-likeness (QED) is 0.787. The van der Waals surface area contributed by atoms with Crippen molar-refractivity contribution < 1.29 is 9.21 Å². The number of hydrogen-bond acceptors (Lipinski definition) is 4. The summed E-state index contributed by atoms with van der Waals surface area (Å²) in [6.07, 6.45) is 2.92. The van der Waals surface area contributed by atoms with Gasteiger partial charge >= 0.3 is 0 Å². The second kappa shape index (κ2) is 4.81. The zero-order valence-corrected chi connectivity index (χ0v) is 11.2. The van der Waals surface area contributed by atoms with Crippen molar-refractivity contribution in [3.05, 3.63) is 53.1 Å². The highest BCUT2D eigenvalue weighted by Gasteiger charge is 2.14.